The number of rotatable bonds is 7. The van der Waals surface area contributed by atoms with E-state index in [0.717, 1.165) is 17.7 Å². The number of nitrogens with one attached hydrogen (secondary N) is 1. The standard InChI is InChI=1S/C24H26N4O4S/c1-5-14(2)21-23(30)28-22(27-21)16-8-6-7-9-17(16)26-24(28)33-13-20(29)25-18-11-10-15(31-3)12-19(18)32-4/h6-12,14,21H,5,13H2,1-4H3,(H,25,29)/t14-,21+/m0/s1. The molecule has 172 valence electrons. The molecule has 8 nitrogen and oxygen atoms in total. The summed E-state index contributed by atoms with van der Waals surface area (Å²) in [4.78, 5) is 36.9. The van der Waals surface area contributed by atoms with E-state index in [1.54, 1.807) is 30.2 Å². The number of hydrogen-bond donors (Lipinski definition) is 1. The van der Waals surface area contributed by atoms with Crippen molar-refractivity contribution in [1.82, 2.24) is 4.90 Å². The van der Waals surface area contributed by atoms with Crippen LogP contribution in [0.1, 0.15) is 25.8 Å². The number of carbonyl (C=O) groups excluding carboxylic acids is 2. The Morgan fingerprint density at radius 1 is 1.21 bits per heavy atom. The molecule has 2 aromatic rings. The lowest BCUT2D eigenvalue weighted by Crippen LogP contribution is -2.42. The van der Waals surface area contributed by atoms with E-state index >= 15 is 0 Å². The van der Waals surface area contributed by atoms with Gasteiger partial charge in [0, 0.05) is 11.6 Å². The predicted octanol–water partition coefficient (Wildman–Crippen LogP) is 4.08. The summed E-state index contributed by atoms with van der Waals surface area (Å²) in [6, 6.07) is 12.3. The van der Waals surface area contributed by atoms with Crippen LogP contribution in [0, 0.1) is 5.92 Å². The number of methoxy groups -OCH3 is 2. The second-order valence-electron chi connectivity index (χ2n) is 7.77. The number of anilines is 1. The number of thioether (sulfide) groups is 1. The highest BCUT2D eigenvalue weighted by Gasteiger charge is 2.43. The van der Waals surface area contributed by atoms with Gasteiger partial charge in [-0.3, -0.25) is 14.6 Å². The molecule has 0 radical (unpaired) electrons. The summed E-state index contributed by atoms with van der Waals surface area (Å²) in [7, 11) is 3.09. The van der Waals surface area contributed by atoms with Crippen LogP contribution < -0.4 is 14.8 Å². The van der Waals surface area contributed by atoms with Crippen LogP contribution in [0.5, 0.6) is 11.5 Å². The van der Waals surface area contributed by atoms with Gasteiger partial charge < -0.3 is 14.8 Å². The predicted molar refractivity (Wildman–Crippen MR) is 131 cm³/mol. The van der Waals surface area contributed by atoms with Crippen LogP contribution in [0.25, 0.3) is 0 Å². The highest BCUT2D eigenvalue weighted by atomic mass is 32.2. The van der Waals surface area contributed by atoms with Gasteiger partial charge in [-0.2, -0.15) is 0 Å². The second-order valence-corrected chi connectivity index (χ2v) is 8.71. The van der Waals surface area contributed by atoms with E-state index in [2.05, 4.69) is 10.3 Å². The molecule has 0 aliphatic carbocycles. The van der Waals surface area contributed by atoms with Gasteiger partial charge in [-0.05, 0) is 30.2 Å². The molecule has 0 saturated heterocycles. The van der Waals surface area contributed by atoms with Crippen LogP contribution in [0.15, 0.2) is 52.4 Å². The Morgan fingerprint density at radius 2 is 2.00 bits per heavy atom. The molecule has 0 fully saturated rings. The van der Waals surface area contributed by atoms with E-state index in [4.69, 9.17) is 14.5 Å². The molecule has 1 N–H and O–H groups in total. The van der Waals surface area contributed by atoms with Crippen LogP contribution in [0.4, 0.5) is 11.4 Å². The van der Waals surface area contributed by atoms with Crippen molar-refractivity contribution in [3.8, 4) is 11.5 Å². The third kappa shape index (κ3) is 4.45. The molecule has 2 heterocycles. The first-order chi connectivity index (χ1) is 16.0. The number of fused-ring (bicyclic) bond motifs is 3. The number of carbonyl (C=O) groups is 2. The smallest absolute Gasteiger partial charge is 0.259 e. The fourth-order valence-electron chi connectivity index (χ4n) is 3.68. The molecular weight excluding hydrogens is 440 g/mol. The van der Waals surface area contributed by atoms with Crippen LogP contribution in [-0.4, -0.2) is 53.7 Å². The first-order valence-corrected chi connectivity index (χ1v) is 11.7. The summed E-state index contributed by atoms with van der Waals surface area (Å²) in [5, 5.41) is 3.31. The fourth-order valence-corrected chi connectivity index (χ4v) is 4.48. The maximum atomic E-state index is 13.2. The van der Waals surface area contributed by atoms with Crippen molar-refractivity contribution in [3.05, 3.63) is 48.0 Å². The van der Waals surface area contributed by atoms with E-state index in [0.29, 0.717) is 28.2 Å². The lowest BCUT2D eigenvalue weighted by atomic mass is 10.00. The van der Waals surface area contributed by atoms with Gasteiger partial charge in [0.05, 0.1) is 31.3 Å². The van der Waals surface area contributed by atoms with E-state index in [9.17, 15) is 9.59 Å². The Kier molecular flexibility index (Phi) is 6.69. The number of ether oxygens (including phenoxy) is 2. The van der Waals surface area contributed by atoms with Crippen molar-refractivity contribution < 1.29 is 19.1 Å². The van der Waals surface area contributed by atoms with Crippen molar-refractivity contribution in [2.75, 3.05) is 25.3 Å². The maximum Gasteiger partial charge on any atom is 0.259 e. The molecule has 4 rings (SSSR count). The number of aliphatic imine (C=N–C) groups is 2. The molecule has 2 atom stereocenters. The van der Waals surface area contributed by atoms with Gasteiger partial charge in [0.2, 0.25) is 5.91 Å². The number of nitrogens with zero attached hydrogens (tertiary/aromatic N) is 3. The number of amides is 2. The zero-order valence-electron chi connectivity index (χ0n) is 19.0. The third-order valence-corrected chi connectivity index (χ3v) is 6.64. The molecule has 9 heteroatoms. The Morgan fingerprint density at radius 3 is 2.73 bits per heavy atom. The van der Waals surface area contributed by atoms with Gasteiger partial charge in [0.1, 0.15) is 23.4 Å². The minimum absolute atomic E-state index is 0.0707. The molecule has 2 aromatic carbocycles. The summed E-state index contributed by atoms with van der Waals surface area (Å²) in [6.45, 7) is 4.07. The molecule has 2 aliphatic heterocycles. The molecule has 0 spiro atoms. The number of hydrogen-bond acceptors (Lipinski definition) is 7. The van der Waals surface area contributed by atoms with Crippen molar-refractivity contribution in [2.24, 2.45) is 15.9 Å². The van der Waals surface area contributed by atoms with E-state index in [1.165, 1.54) is 18.9 Å². The van der Waals surface area contributed by atoms with Crippen LogP contribution in [-0.2, 0) is 9.59 Å². The Balaban J connectivity index is 1.53. The van der Waals surface area contributed by atoms with Crippen molar-refractivity contribution in [2.45, 2.75) is 26.3 Å². The van der Waals surface area contributed by atoms with E-state index in [1.807, 2.05) is 38.1 Å². The topological polar surface area (TPSA) is 92.6 Å². The molecular formula is C24H26N4O4S. The largest absolute Gasteiger partial charge is 0.497 e. The van der Waals surface area contributed by atoms with Crippen LogP contribution in [0.3, 0.4) is 0 Å². The average Bonchev–Trinajstić information content (AvgIpc) is 3.20. The Labute approximate surface area is 197 Å². The molecule has 0 saturated carbocycles. The SMILES string of the molecule is CC[C@H](C)[C@H]1N=C2c3ccccc3N=C(SCC(=O)Nc3ccc(OC)cc3OC)N2C1=O. The Bertz CT molecular complexity index is 1150. The summed E-state index contributed by atoms with van der Waals surface area (Å²) in [5.74, 6) is 1.57. The zero-order chi connectivity index (χ0) is 23.5. The third-order valence-electron chi connectivity index (χ3n) is 5.70. The van der Waals surface area contributed by atoms with Crippen molar-refractivity contribution >= 4 is 46.0 Å². The second kappa shape index (κ2) is 9.66. The number of amidine groups is 2. The highest BCUT2D eigenvalue weighted by molar-refractivity contribution is 8.14. The quantitative estimate of drug-likeness (QED) is 0.664. The number of para-hydroxylation sites is 1. The first-order valence-electron chi connectivity index (χ1n) is 10.7. The van der Waals surface area contributed by atoms with Crippen LogP contribution >= 0.6 is 11.8 Å². The molecule has 0 bridgehead atoms. The van der Waals surface area contributed by atoms with Crippen molar-refractivity contribution in [1.29, 1.82) is 0 Å². The van der Waals surface area contributed by atoms with Crippen molar-refractivity contribution in [3.63, 3.8) is 0 Å². The average molecular weight is 467 g/mol. The fraction of sp³-hybridized carbons (Fsp3) is 0.333. The normalized spacial score (nSPS) is 17.5. The minimum atomic E-state index is -0.445. The van der Waals surface area contributed by atoms with Gasteiger partial charge in [0.15, 0.2) is 5.17 Å². The molecule has 0 aromatic heterocycles. The zero-order valence-corrected chi connectivity index (χ0v) is 19.8. The van der Waals surface area contributed by atoms with Gasteiger partial charge >= 0.3 is 0 Å². The maximum absolute atomic E-state index is 13.2. The van der Waals surface area contributed by atoms with Gasteiger partial charge in [-0.15, -0.1) is 0 Å². The summed E-state index contributed by atoms with van der Waals surface area (Å²) < 4.78 is 10.5. The summed E-state index contributed by atoms with van der Waals surface area (Å²) in [5.41, 5.74) is 2.11. The molecule has 0 unspecified atom stereocenters. The minimum Gasteiger partial charge on any atom is -0.497 e. The number of benzene rings is 2. The first kappa shape index (κ1) is 22.8. The lowest BCUT2D eigenvalue weighted by molar-refractivity contribution is -0.125. The summed E-state index contributed by atoms with van der Waals surface area (Å²) in [6.07, 6.45) is 0.842. The lowest BCUT2D eigenvalue weighted by Gasteiger charge is -2.25. The monoisotopic (exact) mass is 466 g/mol. The highest BCUT2D eigenvalue weighted by Crippen LogP contribution is 2.35. The van der Waals surface area contributed by atoms with Gasteiger partial charge in [0.25, 0.3) is 5.91 Å². The molecule has 2 aliphatic rings. The van der Waals surface area contributed by atoms with Gasteiger partial charge in [-0.25, -0.2) is 9.89 Å². The summed E-state index contributed by atoms with van der Waals surface area (Å²) >= 11 is 1.21. The Hall–Kier alpha value is -3.33. The van der Waals surface area contributed by atoms with Gasteiger partial charge in [-0.1, -0.05) is 44.2 Å². The van der Waals surface area contributed by atoms with E-state index in [-0.39, 0.29) is 23.5 Å². The van der Waals surface area contributed by atoms with Crippen LogP contribution in [0.2, 0.25) is 0 Å². The molecule has 2 amide bonds. The van der Waals surface area contributed by atoms with E-state index < -0.39 is 6.04 Å². The molecule has 33 heavy (non-hydrogen) atoms.